The van der Waals surface area contributed by atoms with Crippen LogP contribution in [0.4, 0.5) is 0 Å². The van der Waals surface area contributed by atoms with Gasteiger partial charge in [-0.05, 0) is 66.1 Å². The zero-order valence-corrected chi connectivity index (χ0v) is 30.6. The molecule has 9 nitrogen and oxygen atoms in total. The number of aliphatic hydroxyl groups excluding tert-OH is 1. The SMILES string of the molecule is CCCCCCCOc1ccc(-c2cnc(-c3ccc(CC(NC(O)c4ccc(C(C)(C)C)s4)C(=O)N4CC(C(=O)O)C4)cc3)nc2)cc1C. The highest BCUT2D eigenvalue weighted by Crippen LogP contribution is 2.32. The number of carboxylic acid groups (broad SMARTS) is 1. The molecule has 3 heterocycles. The predicted molar refractivity (Wildman–Crippen MR) is 198 cm³/mol. The van der Waals surface area contributed by atoms with Gasteiger partial charge >= 0.3 is 5.97 Å². The molecule has 1 aliphatic rings. The predicted octanol–water partition coefficient (Wildman–Crippen LogP) is 7.56. The lowest BCUT2D eigenvalue weighted by Crippen LogP contribution is -2.58. The van der Waals surface area contributed by atoms with Crippen LogP contribution in [0.15, 0.2) is 67.0 Å². The van der Waals surface area contributed by atoms with Gasteiger partial charge in [0.1, 0.15) is 12.0 Å². The number of hydrogen-bond acceptors (Lipinski definition) is 8. The van der Waals surface area contributed by atoms with Gasteiger partial charge in [-0.2, -0.15) is 0 Å². The number of unbranched alkanes of at least 4 members (excludes halogenated alkanes) is 4. The number of rotatable bonds is 16. The van der Waals surface area contributed by atoms with E-state index in [1.165, 1.54) is 37.0 Å². The Balaban J connectivity index is 1.23. The van der Waals surface area contributed by atoms with Crippen LogP contribution < -0.4 is 10.1 Å². The zero-order chi connectivity index (χ0) is 35.8. The number of aliphatic hydroxyl groups is 1. The van der Waals surface area contributed by atoms with E-state index in [0.717, 1.165) is 56.3 Å². The number of carbonyl (C=O) groups excluding carboxylic acids is 1. The van der Waals surface area contributed by atoms with Crippen molar-refractivity contribution in [2.24, 2.45) is 5.92 Å². The molecule has 266 valence electrons. The van der Waals surface area contributed by atoms with Gasteiger partial charge in [-0.1, -0.05) is 83.7 Å². The summed E-state index contributed by atoms with van der Waals surface area (Å²) in [7, 11) is 0. The van der Waals surface area contributed by atoms with Crippen molar-refractivity contribution in [3.05, 3.63) is 87.9 Å². The molecule has 1 fully saturated rings. The fourth-order valence-corrected chi connectivity index (χ4v) is 6.97. The number of thiophene rings is 1. The van der Waals surface area contributed by atoms with Crippen molar-refractivity contribution in [3.8, 4) is 28.3 Å². The fraction of sp³-hybridized carbons (Fsp3) is 0.450. The molecule has 1 aliphatic heterocycles. The molecular weight excluding hydrogens is 649 g/mol. The lowest BCUT2D eigenvalue weighted by atomic mass is 9.95. The van der Waals surface area contributed by atoms with Crippen LogP contribution in [0.5, 0.6) is 5.75 Å². The van der Waals surface area contributed by atoms with Crippen molar-refractivity contribution < 1.29 is 24.5 Å². The van der Waals surface area contributed by atoms with Crippen LogP contribution in [0.3, 0.4) is 0 Å². The van der Waals surface area contributed by atoms with E-state index in [4.69, 9.17) is 4.74 Å². The van der Waals surface area contributed by atoms with E-state index in [2.05, 4.69) is 56.0 Å². The number of benzene rings is 2. The molecule has 0 spiro atoms. The Morgan fingerprint density at radius 3 is 2.26 bits per heavy atom. The van der Waals surface area contributed by atoms with E-state index in [1.54, 1.807) is 4.90 Å². The number of hydrogen-bond donors (Lipinski definition) is 3. The number of ether oxygens (including phenoxy) is 1. The Bertz CT molecular complexity index is 1730. The number of carboxylic acids is 1. The Morgan fingerprint density at radius 1 is 0.960 bits per heavy atom. The Hall–Kier alpha value is -4.12. The average Bonchev–Trinajstić information content (AvgIpc) is 3.58. The van der Waals surface area contributed by atoms with Crippen LogP contribution >= 0.6 is 11.3 Å². The number of aryl methyl sites for hydroxylation is 1. The molecule has 1 amide bonds. The maximum Gasteiger partial charge on any atom is 0.310 e. The second-order valence-corrected chi connectivity index (χ2v) is 15.4. The molecule has 0 bridgehead atoms. The van der Waals surface area contributed by atoms with E-state index in [9.17, 15) is 19.8 Å². The molecule has 3 N–H and O–H groups in total. The van der Waals surface area contributed by atoms with E-state index in [-0.39, 0.29) is 24.4 Å². The normalized spacial score (nSPS) is 14.6. The molecule has 5 rings (SSSR count). The summed E-state index contributed by atoms with van der Waals surface area (Å²) in [6.07, 6.45) is 8.97. The Morgan fingerprint density at radius 2 is 1.64 bits per heavy atom. The zero-order valence-electron chi connectivity index (χ0n) is 29.8. The van der Waals surface area contributed by atoms with Crippen molar-refractivity contribution in [1.82, 2.24) is 20.2 Å². The Labute approximate surface area is 299 Å². The van der Waals surface area contributed by atoms with Crippen molar-refractivity contribution in [3.63, 3.8) is 0 Å². The summed E-state index contributed by atoms with van der Waals surface area (Å²) < 4.78 is 6.03. The van der Waals surface area contributed by atoms with Gasteiger partial charge in [-0.3, -0.25) is 14.9 Å². The molecule has 1 saturated heterocycles. The lowest BCUT2D eigenvalue weighted by molar-refractivity contribution is -0.154. The molecule has 2 unspecified atom stereocenters. The second kappa shape index (κ2) is 16.7. The first-order valence-electron chi connectivity index (χ1n) is 17.6. The highest BCUT2D eigenvalue weighted by Gasteiger charge is 2.39. The van der Waals surface area contributed by atoms with Gasteiger partial charge in [0.05, 0.1) is 18.6 Å². The van der Waals surface area contributed by atoms with E-state index < -0.39 is 24.2 Å². The minimum absolute atomic E-state index is 0.0557. The van der Waals surface area contributed by atoms with Gasteiger partial charge in [0.25, 0.3) is 0 Å². The van der Waals surface area contributed by atoms with Crippen LogP contribution in [0.25, 0.3) is 22.5 Å². The summed E-state index contributed by atoms with van der Waals surface area (Å²) in [6, 6.07) is 17.0. The Kier molecular flexibility index (Phi) is 12.4. The van der Waals surface area contributed by atoms with Gasteiger partial charge in [0, 0.05) is 46.4 Å². The first-order valence-corrected chi connectivity index (χ1v) is 18.5. The van der Waals surface area contributed by atoms with E-state index in [0.29, 0.717) is 12.2 Å². The standard InChI is InChI=1S/C40H50N4O5S/c1-6-7-8-9-10-19-49-33-16-15-29(20-26(33)2)30-22-41-36(42-23-30)28-13-11-27(12-14-28)21-32(38(46)44-24-31(25-44)39(47)48)43-37(45)34-17-18-35(50-34)40(3,4)5/h11-18,20,22-23,31-32,37,43,45H,6-10,19,21,24-25H2,1-5H3,(H,47,48). The maximum absolute atomic E-state index is 13.5. The first-order chi connectivity index (χ1) is 23.9. The third-order valence-electron chi connectivity index (χ3n) is 9.15. The van der Waals surface area contributed by atoms with Crippen LogP contribution in [0, 0.1) is 12.8 Å². The van der Waals surface area contributed by atoms with Crippen LogP contribution in [-0.4, -0.2) is 62.7 Å². The summed E-state index contributed by atoms with van der Waals surface area (Å²) in [5, 5.41) is 23.6. The molecule has 4 aromatic rings. The summed E-state index contributed by atoms with van der Waals surface area (Å²) >= 11 is 1.51. The van der Waals surface area contributed by atoms with Crippen molar-refractivity contribution in [1.29, 1.82) is 0 Å². The average molecular weight is 699 g/mol. The van der Waals surface area contributed by atoms with Crippen LogP contribution in [-0.2, 0) is 21.4 Å². The quantitative estimate of drug-likeness (QED) is 0.0809. The molecule has 0 aliphatic carbocycles. The van der Waals surface area contributed by atoms with Gasteiger partial charge in [-0.25, -0.2) is 9.97 Å². The third-order valence-corrected chi connectivity index (χ3v) is 10.7. The molecular formula is C40H50N4O5S. The van der Waals surface area contributed by atoms with Gasteiger partial charge in [0.2, 0.25) is 5.91 Å². The van der Waals surface area contributed by atoms with Gasteiger partial charge < -0.3 is 19.8 Å². The maximum atomic E-state index is 13.5. The summed E-state index contributed by atoms with van der Waals surface area (Å²) in [5.41, 5.74) is 4.70. The topological polar surface area (TPSA) is 125 Å². The molecule has 2 aromatic heterocycles. The largest absolute Gasteiger partial charge is 0.493 e. The summed E-state index contributed by atoms with van der Waals surface area (Å²) in [5.74, 6) is -0.192. The van der Waals surface area contributed by atoms with Crippen molar-refractivity contribution in [2.45, 2.75) is 90.8 Å². The first kappa shape index (κ1) is 37.1. The molecule has 10 heteroatoms. The van der Waals surface area contributed by atoms with Crippen LogP contribution in [0.1, 0.15) is 86.9 Å². The number of amides is 1. The smallest absolute Gasteiger partial charge is 0.310 e. The number of nitrogens with zero attached hydrogens (tertiary/aromatic N) is 3. The number of aliphatic carboxylic acids is 1. The molecule has 50 heavy (non-hydrogen) atoms. The number of nitrogens with one attached hydrogen (secondary N) is 1. The van der Waals surface area contributed by atoms with E-state index in [1.807, 2.05) is 60.9 Å². The van der Waals surface area contributed by atoms with E-state index >= 15 is 0 Å². The summed E-state index contributed by atoms with van der Waals surface area (Å²) in [6.45, 7) is 11.7. The molecule has 0 saturated carbocycles. The minimum atomic E-state index is -1.04. The lowest BCUT2D eigenvalue weighted by Gasteiger charge is -2.39. The molecule has 2 aromatic carbocycles. The highest BCUT2D eigenvalue weighted by atomic mass is 32.1. The number of aromatic nitrogens is 2. The minimum Gasteiger partial charge on any atom is -0.493 e. The second-order valence-electron chi connectivity index (χ2n) is 14.3. The van der Waals surface area contributed by atoms with Gasteiger partial charge in [-0.15, -0.1) is 11.3 Å². The molecule has 0 radical (unpaired) electrons. The van der Waals surface area contributed by atoms with Crippen molar-refractivity contribution in [2.75, 3.05) is 19.7 Å². The number of carbonyl (C=O) groups is 2. The third kappa shape index (κ3) is 9.56. The molecule has 2 atom stereocenters. The fourth-order valence-electron chi connectivity index (χ4n) is 5.96. The van der Waals surface area contributed by atoms with Crippen molar-refractivity contribution >= 4 is 23.2 Å². The van der Waals surface area contributed by atoms with Crippen LogP contribution in [0.2, 0.25) is 0 Å². The summed E-state index contributed by atoms with van der Waals surface area (Å²) in [4.78, 5) is 37.6. The monoisotopic (exact) mass is 698 g/mol. The highest BCUT2D eigenvalue weighted by molar-refractivity contribution is 7.12. The van der Waals surface area contributed by atoms with Gasteiger partial charge in [0.15, 0.2) is 5.82 Å². The number of likely N-dealkylation sites (tertiary alicyclic amines) is 1.